The fraction of sp³-hybridized carbons (Fsp3) is 0.455. The van der Waals surface area contributed by atoms with Crippen molar-refractivity contribution in [1.82, 2.24) is 4.90 Å². The van der Waals surface area contributed by atoms with E-state index in [0.29, 0.717) is 0 Å². The van der Waals surface area contributed by atoms with Crippen LogP contribution in [0.5, 0.6) is 0 Å². The second kappa shape index (κ2) is 6.93. The van der Waals surface area contributed by atoms with E-state index in [-0.39, 0.29) is 12.1 Å². The van der Waals surface area contributed by atoms with Crippen LogP contribution in [-0.2, 0) is 12.8 Å². The Bertz CT molecular complexity index is 796. The number of hydrogen-bond acceptors (Lipinski definition) is 4. The summed E-state index contributed by atoms with van der Waals surface area (Å²) >= 11 is 0. The number of rotatable bonds is 2. The lowest BCUT2D eigenvalue weighted by Gasteiger charge is -2.44. The highest BCUT2D eigenvalue weighted by molar-refractivity contribution is 5.55. The zero-order valence-corrected chi connectivity index (χ0v) is 15.8. The van der Waals surface area contributed by atoms with Crippen LogP contribution in [0.15, 0.2) is 36.4 Å². The lowest BCUT2D eigenvalue weighted by atomic mass is 9.85. The minimum atomic E-state index is -0.293. The van der Waals surface area contributed by atoms with Crippen molar-refractivity contribution < 1.29 is 5.11 Å². The van der Waals surface area contributed by atoms with Crippen molar-refractivity contribution in [3.05, 3.63) is 58.7 Å². The molecule has 0 bridgehead atoms. The highest BCUT2D eigenvalue weighted by atomic mass is 16.3. The number of hydrogen-bond donors (Lipinski definition) is 2. The molecule has 138 valence electrons. The van der Waals surface area contributed by atoms with Gasteiger partial charge in [0.25, 0.3) is 0 Å². The van der Waals surface area contributed by atoms with Gasteiger partial charge in [0, 0.05) is 50.0 Å². The molecule has 3 N–H and O–H groups in total. The Hall–Kier alpha value is -2.04. The molecule has 0 unspecified atom stereocenters. The molecule has 1 saturated heterocycles. The maximum Gasteiger partial charge on any atom is 0.0739 e. The molecule has 2 aromatic rings. The fourth-order valence-corrected chi connectivity index (χ4v) is 4.48. The molecule has 1 fully saturated rings. The third kappa shape index (κ3) is 3.31. The first-order chi connectivity index (χ1) is 12.5. The van der Waals surface area contributed by atoms with Crippen LogP contribution in [0.2, 0.25) is 0 Å². The fourth-order valence-electron chi connectivity index (χ4n) is 4.48. The average molecular weight is 351 g/mol. The molecule has 1 heterocycles. The third-order valence-corrected chi connectivity index (χ3v) is 6.02. The van der Waals surface area contributed by atoms with E-state index in [4.69, 9.17) is 5.73 Å². The second-order valence-electron chi connectivity index (χ2n) is 7.88. The van der Waals surface area contributed by atoms with Crippen LogP contribution in [0.25, 0.3) is 0 Å². The van der Waals surface area contributed by atoms with E-state index in [1.165, 1.54) is 27.9 Å². The number of anilines is 2. The number of aliphatic hydroxyl groups is 1. The summed E-state index contributed by atoms with van der Waals surface area (Å²) in [4.78, 5) is 4.96. The van der Waals surface area contributed by atoms with Gasteiger partial charge in [0.1, 0.15) is 0 Å². The van der Waals surface area contributed by atoms with Crippen molar-refractivity contribution in [3.63, 3.8) is 0 Å². The minimum Gasteiger partial charge on any atom is -0.399 e. The van der Waals surface area contributed by atoms with Crippen molar-refractivity contribution in [2.75, 3.05) is 36.8 Å². The van der Waals surface area contributed by atoms with E-state index < -0.39 is 0 Å². The second-order valence-corrected chi connectivity index (χ2v) is 7.88. The molecular weight excluding hydrogens is 322 g/mol. The van der Waals surface area contributed by atoms with Crippen molar-refractivity contribution >= 4 is 11.4 Å². The van der Waals surface area contributed by atoms with E-state index in [9.17, 15) is 5.11 Å². The Morgan fingerprint density at radius 2 is 1.69 bits per heavy atom. The number of aryl methyl sites for hydroxylation is 2. The van der Waals surface area contributed by atoms with Gasteiger partial charge in [-0.25, -0.2) is 0 Å². The monoisotopic (exact) mass is 351 g/mol. The quantitative estimate of drug-likeness (QED) is 0.817. The maximum absolute atomic E-state index is 10.7. The largest absolute Gasteiger partial charge is 0.399 e. The SMILES string of the molecule is Cc1ccc(C)c(N2CCN([C@@H]3Cc4cc(N)ccc4C[C@H]3O)CC2)c1. The van der Waals surface area contributed by atoms with Gasteiger partial charge in [-0.1, -0.05) is 18.2 Å². The Balaban J connectivity index is 1.45. The van der Waals surface area contributed by atoms with Gasteiger partial charge in [0.05, 0.1) is 6.10 Å². The zero-order chi connectivity index (χ0) is 18.3. The molecule has 1 aliphatic carbocycles. The Kier molecular flexibility index (Phi) is 4.63. The topological polar surface area (TPSA) is 52.7 Å². The number of nitrogens with two attached hydrogens (primary N) is 1. The number of nitrogens with zero attached hydrogens (tertiary/aromatic N) is 2. The summed E-state index contributed by atoms with van der Waals surface area (Å²) in [6.07, 6.45) is 1.33. The zero-order valence-electron chi connectivity index (χ0n) is 15.8. The van der Waals surface area contributed by atoms with Crippen LogP contribution in [0.1, 0.15) is 22.3 Å². The van der Waals surface area contributed by atoms with Gasteiger partial charge in [0.2, 0.25) is 0 Å². The van der Waals surface area contributed by atoms with Gasteiger partial charge in [-0.15, -0.1) is 0 Å². The maximum atomic E-state index is 10.7. The number of piperazine rings is 1. The molecule has 26 heavy (non-hydrogen) atoms. The molecule has 0 amide bonds. The van der Waals surface area contributed by atoms with Crippen LogP contribution in [0, 0.1) is 13.8 Å². The smallest absolute Gasteiger partial charge is 0.0739 e. The first-order valence-electron chi connectivity index (χ1n) is 9.63. The molecule has 2 aromatic carbocycles. The van der Waals surface area contributed by atoms with Crippen molar-refractivity contribution in [2.45, 2.75) is 38.8 Å². The number of nitrogen functional groups attached to an aromatic ring is 1. The summed E-state index contributed by atoms with van der Waals surface area (Å²) in [5, 5.41) is 10.7. The average Bonchev–Trinajstić information content (AvgIpc) is 2.64. The summed E-state index contributed by atoms with van der Waals surface area (Å²) < 4.78 is 0. The van der Waals surface area contributed by atoms with E-state index in [1.807, 2.05) is 6.07 Å². The third-order valence-electron chi connectivity index (χ3n) is 6.02. The van der Waals surface area contributed by atoms with Crippen molar-refractivity contribution in [2.24, 2.45) is 0 Å². The molecule has 0 spiro atoms. The first kappa shape index (κ1) is 17.4. The van der Waals surface area contributed by atoms with Crippen LogP contribution in [0.4, 0.5) is 11.4 Å². The van der Waals surface area contributed by atoms with Gasteiger partial charge >= 0.3 is 0 Å². The standard InChI is InChI=1S/C22H29N3O/c1-15-3-4-16(2)20(11-15)24-7-9-25(10-8-24)21-13-18-12-19(23)6-5-17(18)14-22(21)26/h3-6,11-12,21-22,26H,7-10,13-14,23H2,1-2H3/t21-,22-/m1/s1. The van der Waals surface area contributed by atoms with Crippen molar-refractivity contribution in [3.8, 4) is 0 Å². The van der Waals surface area contributed by atoms with E-state index >= 15 is 0 Å². The lowest BCUT2D eigenvalue weighted by Crippen LogP contribution is -2.56. The van der Waals surface area contributed by atoms with Gasteiger partial charge in [0.15, 0.2) is 0 Å². The van der Waals surface area contributed by atoms with Crippen LogP contribution >= 0.6 is 0 Å². The van der Waals surface area contributed by atoms with Gasteiger partial charge in [-0.2, -0.15) is 0 Å². The summed E-state index contributed by atoms with van der Waals surface area (Å²) in [5.41, 5.74) is 13.3. The van der Waals surface area contributed by atoms with E-state index in [1.54, 1.807) is 0 Å². The van der Waals surface area contributed by atoms with Crippen LogP contribution < -0.4 is 10.6 Å². The minimum absolute atomic E-state index is 0.199. The van der Waals surface area contributed by atoms with Gasteiger partial charge < -0.3 is 15.7 Å². The van der Waals surface area contributed by atoms with Crippen LogP contribution in [-0.4, -0.2) is 48.3 Å². The van der Waals surface area contributed by atoms with Gasteiger partial charge in [-0.3, -0.25) is 4.90 Å². The predicted octanol–water partition coefficient (Wildman–Crippen LogP) is 2.54. The molecule has 2 aliphatic rings. The molecule has 4 rings (SSSR count). The summed E-state index contributed by atoms with van der Waals surface area (Å²) in [7, 11) is 0. The van der Waals surface area contributed by atoms with Gasteiger partial charge in [-0.05, 0) is 60.7 Å². The number of benzene rings is 2. The summed E-state index contributed by atoms with van der Waals surface area (Å²) in [6, 6.07) is 13.0. The highest BCUT2D eigenvalue weighted by Gasteiger charge is 2.33. The van der Waals surface area contributed by atoms with E-state index in [2.05, 4.69) is 54.0 Å². The molecule has 0 radical (unpaired) electrons. The Morgan fingerprint density at radius 1 is 0.923 bits per heavy atom. The van der Waals surface area contributed by atoms with E-state index in [0.717, 1.165) is 44.7 Å². The van der Waals surface area contributed by atoms with Crippen molar-refractivity contribution in [1.29, 1.82) is 0 Å². The number of fused-ring (bicyclic) bond motifs is 1. The summed E-state index contributed by atoms with van der Waals surface area (Å²) in [5.74, 6) is 0. The Labute approximate surface area is 156 Å². The predicted molar refractivity (Wildman–Crippen MR) is 108 cm³/mol. The number of aliphatic hydroxyl groups excluding tert-OH is 1. The molecule has 1 aliphatic heterocycles. The molecule has 0 aromatic heterocycles. The normalized spacial score (nSPS) is 23.7. The molecule has 0 saturated carbocycles. The first-order valence-corrected chi connectivity index (χ1v) is 9.63. The summed E-state index contributed by atoms with van der Waals surface area (Å²) in [6.45, 7) is 8.35. The molecule has 2 atom stereocenters. The molecule has 4 heteroatoms. The lowest BCUT2D eigenvalue weighted by molar-refractivity contribution is 0.0395. The highest BCUT2D eigenvalue weighted by Crippen LogP contribution is 2.29. The molecular formula is C22H29N3O. The van der Waals surface area contributed by atoms with Crippen LogP contribution in [0.3, 0.4) is 0 Å². The Morgan fingerprint density at radius 3 is 2.46 bits per heavy atom. The molecule has 4 nitrogen and oxygen atoms in total.